The quantitative estimate of drug-likeness (QED) is 0.781. The van der Waals surface area contributed by atoms with Gasteiger partial charge in [-0.2, -0.15) is 0 Å². The number of benzene rings is 1. The van der Waals surface area contributed by atoms with Gasteiger partial charge in [0.25, 0.3) is 0 Å². The van der Waals surface area contributed by atoms with Crippen molar-refractivity contribution in [3.8, 4) is 0 Å². The smallest absolute Gasteiger partial charge is 0.240 e. The highest BCUT2D eigenvalue weighted by atomic mass is 35.5. The number of nitrogens with one attached hydrogen (secondary N) is 1. The van der Waals surface area contributed by atoms with Gasteiger partial charge in [-0.05, 0) is 25.5 Å². The molecule has 0 aliphatic carbocycles. The zero-order chi connectivity index (χ0) is 13.6. The number of halogens is 1. The molecule has 1 atom stereocenters. The highest BCUT2D eigenvalue weighted by Crippen LogP contribution is 2.11. The molecule has 1 N–H and O–H groups in total. The third-order valence-electron chi connectivity index (χ3n) is 2.48. The number of hydrogen-bond acceptors (Lipinski definition) is 3. The molecule has 0 fully saturated rings. The SMILES string of the molecule is COCC(CCCl)NS(=O)(=O)c1ccc(C)cc1. The first-order valence-corrected chi connectivity index (χ1v) is 7.65. The van der Waals surface area contributed by atoms with Gasteiger partial charge >= 0.3 is 0 Å². The molecule has 18 heavy (non-hydrogen) atoms. The van der Waals surface area contributed by atoms with Crippen LogP contribution in [0.1, 0.15) is 12.0 Å². The summed E-state index contributed by atoms with van der Waals surface area (Å²) >= 11 is 5.64. The van der Waals surface area contributed by atoms with E-state index in [1.54, 1.807) is 24.3 Å². The zero-order valence-corrected chi connectivity index (χ0v) is 12.1. The minimum atomic E-state index is -3.51. The van der Waals surface area contributed by atoms with E-state index in [-0.39, 0.29) is 10.9 Å². The Morgan fingerprint density at radius 2 is 1.94 bits per heavy atom. The summed E-state index contributed by atoms with van der Waals surface area (Å²) in [6.07, 6.45) is 0.528. The molecular weight excluding hydrogens is 274 g/mol. The van der Waals surface area contributed by atoms with Gasteiger partial charge in [0.2, 0.25) is 10.0 Å². The molecule has 0 bridgehead atoms. The molecule has 0 aromatic heterocycles. The molecule has 0 spiro atoms. The van der Waals surface area contributed by atoms with Crippen molar-refractivity contribution in [1.29, 1.82) is 0 Å². The normalized spacial score (nSPS) is 13.5. The fourth-order valence-corrected chi connectivity index (χ4v) is 3.03. The molecular formula is C12H18ClNO3S. The zero-order valence-electron chi connectivity index (χ0n) is 10.5. The van der Waals surface area contributed by atoms with Crippen molar-refractivity contribution in [2.45, 2.75) is 24.3 Å². The second-order valence-electron chi connectivity index (χ2n) is 4.06. The summed E-state index contributed by atoms with van der Waals surface area (Å²) in [5.41, 5.74) is 1.02. The number of hydrogen-bond donors (Lipinski definition) is 1. The van der Waals surface area contributed by atoms with Crippen molar-refractivity contribution in [3.05, 3.63) is 29.8 Å². The van der Waals surface area contributed by atoms with Crippen LogP contribution in [0.3, 0.4) is 0 Å². The summed E-state index contributed by atoms with van der Waals surface area (Å²) in [6, 6.07) is 6.40. The van der Waals surface area contributed by atoms with Crippen LogP contribution in [-0.2, 0) is 14.8 Å². The van der Waals surface area contributed by atoms with Crippen LogP contribution in [0.5, 0.6) is 0 Å². The monoisotopic (exact) mass is 291 g/mol. The van der Waals surface area contributed by atoms with Gasteiger partial charge in [-0.25, -0.2) is 13.1 Å². The van der Waals surface area contributed by atoms with Crippen LogP contribution in [0.15, 0.2) is 29.2 Å². The lowest BCUT2D eigenvalue weighted by molar-refractivity contribution is 0.173. The van der Waals surface area contributed by atoms with E-state index in [1.165, 1.54) is 7.11 Å². The number of aryl methyl sites for hydroxylation is 1. The van der Waals surface area contributed by atoms with E-state index in [0.717, 1.165) is 5.56 Å². The Labute approximate surface area is 113 Å². The van der Waals surface area contributed by atoms with Crippen molar-refractivity contribution in [2.24, 2.45) is 0 Å². The lowest BCUT2D eigenvalue weighted by Crippen LogP contribution is -2.38. The average Bonchev–Trinajstić information content (AvgIpc) is 2.29. The van der Waals surface area contributed by atoms with Crippen molar-refractivity contribution in [1.82, 2.24) is 4.72 Å². The minimum Gasteiger partial charge on any atom is -0.383 e. The Kier molecular flexibility index (Phi) is 6.08. The fourth-order valence-electron chi connectivity index (χ4n) is 1.51. The number of rotatable bonds is 7. The maximum absolute atomic E-state index is 12.1. The van der Waals surface area contributed by atoms with Crippen molar-refractivity contribution >= 4 is 21.6 Å². The summed E-state index contributed by atoms with van der Waals surface area (Å²) < 4.78 is 31.8. The number of alkyl halides is 1. The first-order valence-electron chi connectivity index (χ1n) is 5.63. The fraction of sp³-hybridized carbons (Fsp3) is 0.500. The van der Waals surface area contributed by atoms with Gasteiger partial charge in [-0.1, -0.05) is 17.7 Å². The molecule has 1 unspecified atom stereocenters. The first-order chi connectivity index (χ1) is 8.49. The molecule has 0 heterocycles. The summed E-state index contributed by atoms with van der Waals surface area (Å²) in [5, 5.41) is 0. The molecule has 0 amide bonds. The van der Waals surface area contributed by atoms with E-state index in [9.17, 15) is 8.42 Å². The van der Waals surface area contributed by atoms with Gasteiger partial charge in [0.15, 0.2) is 0 Å². The van der Waals surface area contributed by atoms with Crippen LogP contribution in [0, 0.1) is 6.92 Å². The van der Waals surface area contributed by atoms with Crippen LogP contribution in [0.2, 0.25) is 0 Å². The van der Waals surface area contributed by atoms with Gasteiger partial charge in [-0.15, -0.1) is 11.6 Å². The van der Waals surface area contributed by atoms with Crippen LogP contribution < -0.4 is 4.72 Å². The maximum Gasteiger partial charge on any atom is 0.240 e. The maximum atomic E-state index is 12.1. The van der Waals surface area contributed by atoms with E-state index in [4.69, 9.17) is 16.3 Å². The van der Waals surface area contributed by atoms with Crippen LogP contribution in [-0.4, -0.2) is 34.1 Å². The van der Waals surface area contributed by atoms with Crippen molar-refractivity contribution < 1.29 is 13.2 Å². The molecule has 0 aliphatic heterocycles. The van der Waals surface area contributed by atoms with Gasteiger partial charge in [0.05, 0.1) is 11.5 Å². The van der Waals surface area contributed by atoms with E-state index in [0.29, 0.717) is 18.9 Å². The minimum absolute atomic E-state index is 0.253. The number of methoxy groups -OCH3 is 1. The van der Waals surface area contributed by atoms with E-state index < -0.39 is 10.0 Å². The second kappa shape index (κ2) is 7.09. The Balaban J connectivity index is 2.82. The second-order valence-corrected chi connectivity index (χ2v) is 6.16. The van der Waals surface area contributed by atoms with E-state index >= 15 is 0 Å². The predicted octanol–water partition coefficient (Wildman–Crippen LogP) is 1.92. The number of ether oxygens (including phenoxy) is 1. The summed E-state index contributed by atoms with van der Waals surface area (Å²) in [4.78, 5) is 0.253. The molecule has 0 saturated heterocycles. The molecule has 0 radical (unpaired) electrons. The molecule has 4 nitrogen and oxygen atoms in total. The molecule has 6 heteroatoms. The molecule has 102 valence electrons. The summed E-state index contributed by atoms with van der Waals surface area (Å²) in [7, 11) is -1.98. The molecule has 1 aromatic rings. The Morgan fingerprint density at radius 1 is 1.33 bits per heavy atom. The molecule has 0 saturated carbocycles. The average molecular weight is 292 g/mol. The number of sulfonamides is 1. The summed E-state index contributed by atoms with van der Waals surface area (Å²) in [5.74, 6) is 0.379. The molecule has 0 aliphatic rings. The third kappa shape index (κ3) is 4.57. The summed E-state index contributed by atoms with van der Waals surface area (Å²) in [6.45, 7) is 2.21. The van der Waals surface area contributed by atoms with Crippen molar-refractivity contribution in [2.75, 3.05) is 19.6 Å². The Morgan fingerprint density at radius 3 is 2.44 bits per heavy atom. The highest BCUT2D eigenvalue weighted by Gasteiger charge is 2.19. The topological polar surface area (TPSA) is 55.4 Å². The van der Waals surface area contributed by atoms with Crippen LogP contribution >= 0.6 is 11.6 Å². The van der Waals surface area contributed by atoms with Gasteiger partial charge < -0.3 is 4.74 Å². The van der Waals surface area contributed by atoms with Crippen LogP contribution in [0.4, 0.5) is 0 Å². The standard InChI is InChI=1S/C12H18ClNO3S/c1-10-3-5-12(6-4-10)18(15,16)14-11(7-8-13)9-17-2/h3-6,11,14H,7-9H2,1-2H3. The third-order valence-corrected chi connectivity index (χ3v) is 4.23. The van der Waals surface area contributed by atoms with E-state index in [1.807, 2.05) is 6.92 Å². The lowest BCUT2D eigenvalue weighted by atomic mass is 10.2. The van der Waals surface area contributed by atoms with Gasteiger partial charge in [0, 0.05) is 19.0 Å². The Hall–Kier alpha value is -0.620. The molecule has 1 aromatic carbocycles. The predicted molar refractivity (Wildman–Crippen MR) is 72.5 cm³/mol. The Bertz CT molecular complexity index is 453. The lowest BCUT2D eigenvalue weighted by Gasteiger charge is -2.16. The first kappa shape index (κ1) is 15.4. The van der Waals surface area contributed by atoms with Gasteiger partial charge in [-0.3, -0.25) is 0 Å². The van der Waals surface area contributed by atoms with Gasteiger partial charge in [0.1, 0.15) is 0 Å². The molecule has 1 rings (SSSR count). The van der Waals surface area contributed by atoms with Crippen LogP contribution in [0.25, 0.3) is 0 Å². The largest absolute Gasteiger partial charge is 0.383 e. The van der Waals surface area contributed by atoms with Crippen molar-refractivity contribution in [3.63, 3.8) is 0 Å². The highest BCUT2D eigenvalue weighted by molar-refractivity contribution is 7.89. The van der Waals surface area contributed by atoms with E-state index in [2.05, 4.69) is 4.72 Å².